The van der Waals surface area contributed by atoms with E-state index in [0.717, 1.165) is 21.9 Å². The van der Waals surface area contributed by atoms with Gasteiger partial charge >= 0.3 is 0 Å². The molecule has 0 atom stereocenters. The molecule has 0 fully saturated rings. The van der Waals surface area contributed by atoms with Gasteiger partial charge in [-0.1, -0.05) is 91.0 Å². The summed E-state index contributed by atoms with van der Waals surface area (Å²) >= 11 is 1.86. The number of hydrogen-bond donors (Lipinski definition) is 0. The van der Waals surface area contributed by atoms with Crippen LogP contribution in [0.1, 0.15) is 0 Å². The summed E-state index contributed by atoms with van der Waals surface area (Å²) in [4.78, 5) is 0. The number of hydrogen-bond acceptors (Lipinski definition) is 2. The third-order valence-corrected chi connectivity index (χ3v) is 10.3. The largest absolute Gasteiger partial charge is 0.456 e. The molecule has 210 valence electrons. The van der Waals surface area contributed by atoms with Gasteiger partial charge in [-0.2, -0.15) is 0 Å². The molecule has 45 heavy (non-hydrogen) atoms. The molecule has 3 aromatic heterocycles. The summed E-state index contributed by atoms with van der Waals surface area (Å²) in [5.74, 6) is 0. The Hall–Kier alpha value is -5.64. The Bertz CT molecular complexity index is 2760. The van der Waals surface area contributed by atoms with Crippen molar-refractivity contribution < 1.29 is 4.42 Å². The van der Waals surface area contributed by atoms with Crippen LogP contribution in [0.15, 0.2) is 156 Å². The first-order valence-electron chi connectivity index (χ1n) is 15.3. The summed E-state index contributed by atoms with van der Waals surface area (Å²) in [6.45, 7) is 0. The van der Waals surface area contributed by atoms with Crippen LogP contribution in [0.2, 0.25) is 0 Å². The minimum Gasteiger partial charge on any atom is -0.456 e. The highest BCUT2D eigenvalue weighted by atomic mass is 32.1. The molecule has 3 heterocycles. The molecule has 0 bridgehead atoms. The molecule has 0 aliphatic carbocycles. The van der Waals surface area contributed by atoms with E-state index in [-0.39, 0.29) is 0 Å². The molecule has 0 N–H and O–H groups in total. The van der Waals surface area contributed by atoms with Crippen LogP contribution in [0.3, 0.4) is 0 Å². The molecular formula is C42H25NOS. The van der Waals surface area contributed by atoms with Crippen LogP contribution < -0.4 is 0 Å². The Kier molecular flexibility index (Phi) is 5.19. The lowest BCUT2D eigenvalue weighted by atomic mass is 9.98. The Morgan fingerprint density at radius 1 is 0.422 bits per heavy atom. The average molecular weight is 592 g/mol. The maximum Gasteiger partial charge on any atom is 0.136 e. The molecule has 10 aromatic rings. The summed E-state index contributed by atoms with van der Waals surface area (Å²) in [5.41, 5.74) is 10.3. The molecule has 0 amide bonds. The Labute approximate surface area is 263 Å². The van der Waals surface area contributed by atoms with Crippen molar-refractivity contribution in [2.24, 2.45) is 0 Å². The lowest BCUT2D eigenvalue weighted by Gasteiger charge is -2.10. The molecule has 0 radical (unpaired) electrons. The Balaban J connectivity index is 1.20. The van der Waals surface area contributed by atoms with E-state index in [4.69, 9.17) is 4.42 Å². The third-order valence-electron chi connectivity index (χ3n) is 9.21. The number of benzene rings is 7. The van der Waals surface area contributed by atoms with E-state index >= 15 is 0 Å². The van der Waals surface area contributed by atoms with Gasteiger partial charge in [0.2, 0.25) is 0 Å². The fourth-order valence-corrected chi connectivity index (χ4v) is 8.26. The number of aromatic nitrogens is 1. The zero-order valence-corrected chi connectivity index (χ0v) is 25.0. The average Bonchev–Trinajstić information content (AvgIpc) is 3.77. The highest BCUT2D eigenvalue weighted by Gasteiger charge is 2.17. The van der Waals surface area contributed by atoms with Crippen LogP contribution in [0.4, 0.5) is 0 Å². The topological polar surface area (TPSA) is 18.1 Å². The van der Waals surface area contributed by atoms with E-state index in [9.17, 15) is 0 Å². The molecule has 3 heteroatoms. The molecule has 0 spiro atoms. The van der Waals surface area contributed by atoms with E-state index in [0.29, 0.717) is 0 Å². The second-order valence-corrected chi connectivity index (χ2v) is 12.8. The van der Waals surface area contributed by atoms with Crippen molar-refractivity contribution >= 4 is 75.3 Å². The van der Waals surface area contributed by atoms with Gasteiger partial charge in [-0.05, 0) is 82.9 Å². The molecular weight excluding hydrogens is 567 g/mol. The second-order valence-electron chi connectivity index (χ2n) is 11.7. The molecule has 0 unspecified atom stereocenters. The number of para-hydroxylation sites is 2. The number of fused-ring (bicyclic) bond motifs is 9. The normalized spacial score (nSPS) is 12.0. The summed E-state index contributed by atoms with van der Waals surface area (Å²) in [5, 5.41) is 7.41. The maximum atomic E-state index is 6.28. The molecule has 0 aliphatic heterocycles. The number of thiophene rings is 1. The van der Waals surface area contributed by atoms with Crippen LogP contribution in [0.25, 0.3) is 91.9 Å². The van der Waals surface area contributed by atoms with Crippen molar-refractivity contribution in [1.29, 1.82) is 0 Å². The molecule has 2 nitrogen and oxygen atoms in total. The molecule has 7 aromatic carbocycles. The summed E-state index contributed by atoms with van der Waals surface area (Å²) < 4.78 is 11.3. The number of nitrogens with zero attached hydrogens (tertiary/aromatic N) is 1. The van der Waals surface area contributed by atoms with Gasteiger partial charge in [0.1, 0.15) is 11.2 Å². The van der Waals surface area contributed by atoms with Crippen LogP contribution >= 0.6 is 11.3 Å². The van der Waals surface area contributed by atoms with E-state index in [1.54, 1.807) is 0 Å². The highest BCUT2D eigenvalue weighted by molar-refractivity contribution is 7.26. The maximum absolute atomic E-state index is 6.28. The van der Waals surface area contributed by atoms with Crippen LogP contribution in [-0.4, -0.2) is 4.57 Å². The lowest BCUT2D eigenvalue weighted by Crippen LogP contribution is -1.93. The van der Waals surface area contributed by atoms with Gasteiger partial charge < -0.3 is 8.98 Å². The minimum atomic E-state index is 0.922. The zero-order valence-electron chi connectivity index (χ0n) is 24.2. The van der Waals surface area contributed by atoms with Crippen LogP contribution in [0, 0.1) is 0 Å². The van der Waals surface area contributed by atoms with Crippen LogP contribution in [-0.2, 0) is 0 Å². The standard InChI is InChI=1S/C42H25NOS/c1-2-9-26(10-3-1)27-18-21-37-34(23-27)31-11-4-6-14-36(31)43(37)29-19-22-40-35(25-29)42-30(13-8-16-41(42)45-40)28-17-20-33-32-12-5-7-15-38(32)44-39(33)24-28/h1-25H. The molecule has 0 aliphatic rings. The lowest BCUT2D eigenvalue weighted by molar-refractivity contribution is 0.669. The molecule has 10 rings (SSSR count). The predicted octanol–water partition coefficient (Wildman–Crippen LogP) is 12.4. The zero-order chi connectivity index (χ0) is 29.5. The fourth-order valence-electron chi connectivity index (χ4n) is 7.15. The van der Waals surface area contributed by atoms with E-state index < -0.39 is 0 Å². The third kappa shape index (κ3) is 3.68. The summed E-state index contributed by atoms with van der Waals surface area (Å²) in [6, 6.07) is 54.8. The molecule has 0 saturated heterocycles. The number of furan rings is 1. The van der Waals surface area contributed by atoms with Crippen LogP contribution in [0.5, 0.6) is 0 Å². The minimum absolute atomic E-state index is 0.922. The van der Waals surface area contributed by atoms with Gasteiger partial charge in [-0.15, -0.1) is 11.3 Å². The van der Waals surface area contributed by atoms with Gasteiger partial charge in [0.25, 0.3) is 0 Å². The fraction of sp³-hybridized carbons (Fsp3) is 0. The van der Waals surface area contributed by atoms with Gasteiger partial charge in [0.15, 0.2) is 0 Å². The van der Waals surface area contributed by atoms with Crippen molar-refractivity contribution in [2.75, 3.05) is 0 Å². The first-order valence-corrected chi connectivity index (χ1v) is 16.1. The monoisotopic (exact) mass is 591 g/mol. The van der Waals surface area contributed by atoms with Gasteiger partial charge in [0.05, 0.1) is 11.0 Å². The van der Waals surface area contributed by atoms with Crippen molar-refractivity contribution in [2.45, 2.75) is 0 Å². The van der Waals surface area contributed by atoms with Crippen molar-refractivity contribution in [3.8, 4) is 27.9 Å². The number of rotatable bonds is 3. The van der Waals surface area contributed by atoms with Crippen molar-refractivity contribution in [3.63, 3.8) is 0 Å². The van der Waals surface area contributed by atoms with E-state index in [1.807, 2.05) is 23.5 Å². The predicted molar refractivity (Wildman–Crippen MR) is 192 cm³/mol. The smallest absolute Gasteiger partial charge is 0.136 e. The summed E-state index contributed by atoms with van der Waals surface area (Å²) in [6.07, 6.45) is 0. The van der Waals surface area contributed by atoms with Crippen molar-refractivity contribution in [1.82, 2.24) is 4.57 Å². The first kappa shape index (κ1) is 24.8. The SMILES string of the molecule is c1ccc(-c2ccc3c(c2)c2ccccc2n3-c2ccc3sc4cccc(-c5ccc6c(c5)oc5ccccc56)c4c3c2)cc1. The van der Waals surface area contributed by atoms with Gasteiger partial charge in [-0.25, -0.2) is 0 Å². The highest BCUT2D eigenvalue weighted by Crippen LogP contribution is 2.43. The van der Waals surface area contributed by atoms with Gasteiger partial charge in [-0.3, -0.25) is 0 Å². The summed E-state index contributed by atoms with van der Waals surface area (Å²) in [7, 11) is 0. The quantitative estimate of drug-likeness (QED) is 0.200. The second kappa shape index (κ2) is 9.43. The van der Waals surface area contributed by atoms with E-state index in [2.05, 4.69) is 144 Å². The van der Waals surface area contributed by atoms with Crippen molar-refractivity contribution in [3.05, 3.63) is 152 Å². The van der Waals surface area contributed by atoms with E-state index in [1.165, 1.54) is 69.9 Å². The van der Waals surface area contributed by atoms with Gasteiger partial charge in [0, 0.05) is 47.4 Å². The Morgan fingerprint density at radius 3 is 2.13 bits per heavy atom. The molecule has 0 saturated carbocycles. The Morgan fingerprint density at radius 2 is 1.20 bits per heavy atom. The first-order chi connectivity index (χ1) is 22.3.